The highest BCUT2D eigenvalue weighted by atomic mass is 16.5. The second kappa shape index (κ2) is 27.8. The standard InChI is InChI=1S/C33H62O4/c1-4-6-8-10-12-14-16-17-19-21-23-25-27-29-31(35)32(33(36)37-3)30(34)28-26-24-22-20-18-15-13-11-9-7-5-2/h32H,4-29H2,1-3H3. The Morgan fingerprint density at radius 2 is 0.676 bits per heavy atom. The monoisotopic (exact) mass is 522 g/mol. The van der Waals surface area contributed by atoms with Crippen LogP contribution in [0.4, 0.5) is 0 Å². The zero-order valence-electron chi connectivity index (χ0n) is 25.1. The van der Waals surface area contributed by atoms with E-state index in [1.807, 2.05) is 0 Å². The second-order valence-corrected chi connectivity index (χ2v) is 11.2. The maximum atomic E-state index is 12.7. The van der Waals surface area contributed by atoms with E-state index in [-0.39, 0.29) is 11.6 Å². The summed E-state index contributed by atoms with van der Waals surface area (Å²) in [5.74, 6) is -2.37. The quantitative estimate of drug-likeness (QED) is 0.0557. The van der Waals surface area contributed by atoms with Crippen LogP contribution >= 0.6 is 0 Å². The van der Waals surface area contributed by atoms with E-state index >= 15 is 0 Å². The molecule has 0 aliphatic heterocycles. The average molecular weight is 523 g/mol. The van der Waals surface area contributed by atoms with Gasteiger partial charge in [0.25, 0.3) is 0 Å². The summed E-state index contributed by atoms with van der Waals surface area (Å²) in [4.78, 5) is 37.5. The van der Waals surface area contributed by atoms with E-state index in [0.717, 1.165) is 38.5 Å². The number of Topliss-reactive ketones (excluding diaryl/α,β-unsaturated/α-hetero) is 2. The molecule has 0 amide bonds. The fourth-order valence-electron chi connectivity index (χ4n) is 5.13. The van der Waals surface area contributed by atoms with E-state index in [0.29, 0.717) is 12.8 Å². The van der Waals surface area contributed by atoms with Gasteiger partial charge in [0.2, 0.25) is 0 Å². The van der Waals surface area contributed by atoms with Crippen molar-refractivity contribution in [3.8, 4) is 0 Å². The normalized spacial score (nSPS) is 12.0. The summed E-state index contributed by atoms with van der Waals surface area (Å²) in [5, 5.41) is 0. The molecule has 0 radical (unpaired) electrons. The van der Waals surface area contributed by atoms with Crippen molar-refractivity contribution in [1.29, 1.82) is 0 Å². The summed E-state index contributed by atoms with van der Waals surface area (Å²) in [5.41, 5.74) is 0. The van der Waals surface area contributed by atoms with Gasteiger partial charge in [-0.25, -0.2) is 0 Å². The smallest absolute Gasteiger partial charge is 0.323 e. The van der Waals surface area contributed by atoms with E-state index in [2.05, 4.69) is 13.8 Å². The minimum Gasteiger partial charge on any atom is -0.468 e. The Bertz CT molecular complexity index is 542. The summed E-state index contributed by atoms with van der Waals surface area (Å²) in [6.45, 7) is 4.50. The number of rotatable bonds is 29. The summed E-state index contributed by atoms with van der Waals surface area (Å²) < 4.78 is 4.80. The lowest BCUT2D eigenvalue weighted by molar-refractivity contribution is -0.153. The molecule has 0 heterocycles. The molecule has 37 heavy (non-hydrogen) atoms. The largest absolute Gasteiger partial charge is 0.468 e. The maximum Gasteiger partial charge on any atom is 0.323 e. The van der Waals surface area contributed by atoms with E-state index in [1.54, 1.807) is 0 Å². The topological polar surface area (TPSA) is 60.4 Å². The molecule has 218 valence electrons. The van der Waals surface area contributed by atoms with Crippen molar-refractivity contribution in [1.82, 2.24) is 0 Å². The molecule has 4 heteroatoms. The third-order valence-corrected chi connectivity index (χ3v) is 7.63. The van der Waals surface area contributed by atoms with Crippen molar-refractivity contribution in [3.05, 3.63) is 0 Å². The summed E-state index contributed by atoms with van der Waals surface area (Å²) >= 11 is 0. The number of hydrogen-bond acceptors (Lipinski definition) is 4. The lowest BCUT2D eigenvalue weighted by Gasteiger charge is -2.13. The van der Waals surface area contributed by atoms with Crippen LogP contribution in [0.5, 0.6) is 0 Å². The van der Waals surface area contributed by atoms with Crippen LogP contribution in [0.1, 0.15) is 181 Å². The van der Waals surface area contributed by atoms with Crippen molar-refractivity contribution < 1.29 is 19.1 Å². The third-order valence-electron chi connectivity index (χ3n) is 7.63. The van der Waals surface area contributed by atoms with Crippen LogP contribution in [0.15, 0.2) is 0 Å². The second-order valence-electron chi connectivity index (χ2n) is 11.2. The first-order valence-corrected chi connectivity index (χ1v) is 16.2. The predicted octanol–water partition coefficient (Wildman–Crippen LogP) is 10.1. The number of carbonyl (C=O) groups excluding carboxylic acids is 3. The first kappa shape index (κ1) is 35.8. The Kier molecular flexibility index (Phi) is 26.9. The van der Waals surface area contributed by atoms with Crippen molar-refractivity contribution >= 4 is 17.5 Å². The van der Waals surface area contributed by atoms with Gasteiger partial charge in [0.05, 0.1) is 7.11 Å². The van der Waals surface area contributed by atoms with Gasteiger partial charge in [-0.2, -0.15) is 0 Å². The molecule has 0 spiro atoms. The number of carbonyl (C=O) groups is 3. The van der Waals surface area contributed by atoms with Crippen molar-refractivity contribution in [3.63, 3.8) is 0 Å². The van der Waals surface area contributed by atoms with Crippen molar-refractivity contribution in [2.75, 3.05) is 7.11 Å². The molecule has 1 atom stereocenters. The number of methoxy groups -OCH3 is 1. The molecule has 0 rings (SSSR count). The van der Waals surface area contributed by atoms with Gasteiger partial charge in [-0.3, -0.25) is 14.4 Å². The Labute approximate surface area is 230 Å². The van der Waals surface area contributed by atoms with Gasteiger partial charge in [0, 0.05) is 12.8 Å². The van der Waals surface area contributed by atoms with Gasteiger partial charge in [-0.15, -0.1) is 0 Å². The number of ether oxygens (including phenoxy) is 1. The van der Waals surface area contributed by atoms with Crippen LogP contribution in [0, 0.1) is 5.92 Å². The fourth-order valence-corrected chi connectivity index (χ4v) is 5.13. The molecular weight excluding hydrogens is 460 g/mol. The predicted molar refractivity (Wildman–Crippen MR) is 157 cm³/mol. The van der Waals surface area contributed by atoms with E-state index < -0.39 is 11.9 Å². The zero-order chi connectivity index (χ0) is 27.4. The summed E-state index contributed by atoms with van der Waals surface area (Å²) in [6.07, 6.45) is 30.1. The lowest BCUT2D eigenvalue weighted by Crippen LogP contribution is -2.32. The molecule has 0 aromatic heterocycles. The maximum absolute atomic E-state index is 12.7. The van der Waals surface area contributed by atoms with Crippen LogP contribution in [0.25, 0.3) is 0 Å². The van der Waals surface area contributed by atoms with Crippen LogP contribution in [0.3, 0.4) is 0 Å². The summed E-state index contributed by atoms with van der Waals surface area (Å²) in [7, 11) is 1.27. The molecule has 0 N–H and O–H groups in total. The fraction of sp³-hybridized carbons (Fsp3) is 0.909. The van der Waals surface area contributed by atoms with Crippen LogP contribution < -0.4 is 0 Å². The highest BCUT2D eigenvalue weighted by molar-refractivity contribution is 6.17. The Hall–Kier alpha value is -1.19. The number of esters is 1. The molecule has 0 aromatic rings. The average Bonchev–Trinajstić information content (AvgIpc) is 2.89. The zero-order valence-corrected chi connectivity index (χ0v) is 25.1. The SMILES string of the molecule is CCCCCCCCCCCCCCCC(=O)C(C(=O)CCCCCCCCCCCCC)C(=O)OC. The minimum atomic E-state index is -1.20. The first-order valence-electron chi connectivity index (χ1n) is 16.2. The van der Waals surface area contributed by atoms with Gasteiger partial charge < -0.3 is 4.74 Å². The van der Waals surface area contributed by atoms with Gasteiger partial charge in [-0.05, 0) is 12.8 Å². The molecule has 0 aliphatic carbocycles. The Morgan fingerprint density at radius 3 is 0.919 bits per heavy atom. The number of hydrogen-bond donors (Lipinski definition) is 0. The minimum absolute atomic E-state index is 0.247. The Morgan fingerprint density at radius 1 is 0.432 bits per heavy atom. The van der Waals surface area contributed by atoms with Crippen LogP contribution in [-0.4, -0.2) is 24.6 Å². The molecular formula is C33H62O4. The molecule has 0 saturated carbocycles. The molecule has 1 unspecified atom stereocenters. The molecule has 0 saturated heterocycles. The highest BCUT2D eigenvalue weighted by Crippen LogP contribution is 2.17. The Balaban J connectivity index is 3.87. The van der Waals surface area contributed by atoms with Gasteiger partial charge in [0.1, 0.15) is 0 Å². The molecule has 0 aliphatic rings. The lowest BCUT2D eigenvalue weighted by atomic mass is 9.91. The van der Waals surface area contributed by atoms with Gasteiger partial charge in [-0.1, -0.05) is 155 Å². The van der Waals surface area contributed by atoms with E-state index in [4.69, 9.17) is 4.74 Å². The van der Waals surface area contributed by atoms with E-state index in [1.165, 1.54) is 123 Å². The van der Waals surface area contributed by atoms with Crippen molar-refractivity contribution in [2.24, 2.45) is 5.92 Å². The first-order chi connectivity index (χ1) is 18.1. The van der Waals surface area contributed by atoms with Crippen LogP contribution in [0.2, 0.25) is 0 Å². The third kappa shape index (κ3) is 22.5. The van der Waals surface area contributed by atoms with Gasteiger partial charge in [0.15, 0.2) is 17.5 Å². The van der Waals surface area contributed by atoms with Crippen LogP contribution in [-0.2, 0) is 19.1 Å². The molecule has 0 aromatic carbocycles. The number of unbranched alkanes of at least 4 members (excludes halogenated alkanes) is 22. The highest BCUT2D eigenvalue weighted by Gasteiger charge is 2.33. The number of ketones is 2. The van der Waals surface area contributed by atoms with E-state index in [9.17, 15) is 14.4 Å². The van der Waals surface area contributed by atoms with Crippen molar-refractivity contribution in [2.45, 2.75) is 181 Å². The molecule has 0 fully saturated rings. The van der Waals surface area contributed by atoms with Gasteiger partial charge >= 0.3 is 5.97 Å². The molecule has 4 nitrogen and oxygen atoms in total. The molecule has 0 bridgehead atoms. The summed E-state index contributed by atoms with van der Waals surface area (Å²) in [6, 6.07) is 0.